The van der Waals surface area contributed by atoms with E-state index in [4.69, 9.17) is 4.74 Å². The van der Waals surface area contributed by atoms with Crippen LogP contribution in [0.4, 0.5) is 5.69 Å². The number of hydrogen-bond acceptors (Lipinski definition) is 6. The van der Waals surface area contributed by atoms with Gasteiger partial charge in [0.1, 0.15) is 5.75 Å². The highest BCUT2D eigenvalue weighted by Gasteiger charge is 2.33. The van der Waals surface area contributed by atoms with Crippen LogP contribution < -0.4 is 14.9 Å². The van der Waals surface area contributed by atoms with Gasteiger partial charge in [-0.2, -0.15) is 4.31 Å². The van der Waals surface area contributed by atoms with E-state index in [-0.39, 0.29) is 28.3 Å². The third-order valence-corrected chi connectivity index (χ3v) is 8.65. The molecule has 1 aromatic heterocycles. The summed E-state index contributed by atoms with van der Waals surface area (Å²) in [5.74, 6) is -0.100. The Morgan fingerprint density at radius 1 is 1.18 bits per heavy atom. The van der Waals surface area contributed by atoms with Crippen LogP contribution in [-0.4, -0.2) is 43.4 Å². The number of thiazole rings is 1. The van der Waals surface area contributed by atoms with Crippen LogP contribution in [-0.2, 0) is 14.8 Å². The monoisotopic (exact) mass is 489 g/mol. The number of hydrogen-bond donors (Lipinski definition) is 1. The Balaban J connectivity index is 1.49. The van der Waals surface area contributed by atoms with Gasteiger partial charge in [-0.15, -0.1) is 0 Å². The molecule has 1 saturated heterocycles. The van der Waals surface area contributed by atoms with E-state index in [9.17, 15) is 18.0 Å². The minimum Gasteiger partial charge on any atom is -0.497 e. The molecule has 1 amide bonds. The number of carbonyl (C=O) groups excluding carboxylic acids is 1. The van der Waals surface area contributed by atoms with E-state index in [0.29, 0.717) is 30.8 Å². The number of sulfonamides is 1. The molecule has 176 valence electrons. The number of nitrogens with zero attached hydrogens (tertiary/aromatic N) is 2. The Kier molecular flexibility index (Phi) is 6.60. The van der Waals surface area contributed by atoms with Gasteiger partial charge in [0, 0.05) is 24.8 Å². The predicted molar refractivity (Wildman–Crippen MR) is 130 cm³/mol. The van der Waals surface area contributed by atoms with Crippen molar-refractivity contribution in [3.05, 3.63) is 52.1 Å². The van der Waals surface area contributed by atoms with E-state index in [1.54, 1.807) is 28.8 Å². The minimum atomic E-state index is -3.70. The fraction of sp³-hybridized carbons (Fsp3) is 0.391. The van der Waals surface area contributed by atoms with E-state index in [1.807, 2.05) is 19.9 Å². The summed E-state index contributed by atoms with van der Waals surface area (Å²) < 4.78 is 35.2. The van der Waals surface area contributed by atoms with Crippen LogP contribution in [0.2, 0.25) is 0 Å². The molecule has 1 fully saturated rings. The van der Waals surface area contributed by atoms with Crippen LogP contribution in [0, 0.1) is 5.92 Å². The number of ether oxygens (including phenoxy) is 1. The molecule has 0 aliphatic carbocycles. The van der Waals surface area contributed by atoms with Crippen LogP contribution in [0.15, 0.2) is 52.2 Å². The molecule has 0 bridgehead atoms. The first-order valence-corrected chi connectivity index (χ1v) is 13.1. The molecule has 2 aromatic carbocycles. The van der Waals surface area contributed by atoms with Gasteiger partial charge in [0.25, 0.3) is 0 Å². The highest BCUT2D eigenvalue weighted by Crippen LogP contribution is 2.28. The highest BCUT2D eigenvalue weighted by molar-refractivity contribution is 7.89. The van der Waals surface area contributed by atoms with Crippen LogP contribution in [0.3, 0.4) is 0 Å². The number of piperidine rings is 1. The lowest BCUT2D eigenvalue weighted by atomic mass is 9.98. The Bertz CT molecular complexity index is 1330. The third kappa shape index (κ3) is 4.68. The number of amides is 1. The number of benzene rings is 2. The van der Waals surface area contributed by atoms with Crippen molar-refractivity contribution in [1.82, 2.24) is 8.87 Å². The quantitative estimate of drug-likeness (QED) is 0.570. The molecule has 0 radical (unpaired) electrons. The molecule has 0 saturated carbocycles. The van der Waals surface area contributed by atoms with Gasteiger partial charge in [0.05, 0.1) is 28.1 Å². The number of nitrogens with one attached hydrogen (secondary N) is 1. The summed E-state index contributed by atoms with van der Waals surface area (Å²) in [4.78, 5) is 25.4. The molecule has 2 heterocycles. The predicted octanol–water partition coefficient (Wildman–Crippen LogP) is 3.69. The molecular formula is C23H27N3O5S2. The highest BCUT2D eigenvalue weighted by atomic mass is 32.2. The lowest BCUT2D eigenvalue weighted by molar-refractivity contribution is -0.120. The van der Waals surface area contributed by atoms with Gasteiger partial charge < -0.3 is 10.1 Å². The van der Waals surface area contributed by atoms with E-state index in [1.165, 1.54) is 23.5 Å². The summed E-state index contributed by atoms with van der Waals surface area (Å²) in [7, 11) is -2.18. The zero-order valence-corrected chi connectivity index (χ0v) is 20.4. The SMILES string of the molecule is COc1ccc(S(=O)(=O)N2CCCC(C(=O)Nc3ccc4c(c3)sc(=O)n4C(C)C)C2)cc1. The summed E-state index contributed by atoms with van der Waals surface area (Å²) in [6.07, 6.45) is 1.21. The van der Waals surface area contributed by atoms with Crippen molar-refractivity contribution in [1.29, 1.82) is 0 Å². The van der Waals surface area contributed by atoms with Crippen molar-refractivity contribution < 1.29 is 17.9 Å². The summed E-state index contributed by atoms with van der Waals surface area (Å²) in [6, 6.07) is 11.7. The summed E-state index contributed by atoms with van der Waals surface area (Å²) in [5, 5.41) is 2.91. The fourth-order valence-electron chi connectivity index (χ4n) is 4.12. The van der Waals surface area contributed by atoms with Gasteiger partial charge >= 0.3 is 4.87 Å². The topological polar surface area (TPSA) is 97.7 Å². The van der Waals surface area contributed by atoms with Crippen molar-refractivity contribution in [3.8, 4) is 5.75 Å². The van der Waals surface area contributed by atoms with Gasteiger partial charge in [-0.05, 0) is 69.2 Å². The molecule has 10 heteroatoms. The molecule has 1 N–H and O–H groups in total. The van der Waals surface area contributed by atoms with Crippen molar-refractivity contribution >= 4 is 43.2 Å². The second-order valence-corrected chi connectivity index (χ2v) is 11.3. The molecule has 1 aliphatic rings. The number of carbonyl (C=O) groups is 1. The Hall–Kier alpha value is -2.69. The van der Waals surface area contributed by atoms with Gasteiger partial charge in [0.2, 0.25) is 15.9 Å². The number of fused-ring (bicyclic) bond motifs is 1. The molecule has 1 aliphatic heterocycles. The molecule has 8 nitrogen and oxygen atoms in total. The van der Waals surface area contributed by atoms with Crippen LogP contribution in [0.5, 0.6) is 5.75 Å². The number of anilines is 1. The first-order chi connectivity index (χ1) is 15.7. The maximum Gasteiger partial charge on any atom is 0.308 e. The summed E-state index contributed by atoms with van der Waals surface area (Å²) in [6.45, 7) is 4.41. The molecule has 1 unspecified atom stereocenters. The maximum atomic E-state index is 13.1. The third-order valence-electron chi connectivity index (χ3n) is 5.85. The van der Waals surface area contributed by atoms with E-state index in [2.05, 4.69) is 5.32 Å². The lowest BCUT2D eigenvalue weighted by Gasteiger charge is -2.31. The first kappa shape index (κ1) is 23.5. The van der Waals surface area contributed by atoms with Gasteiger partial charge in [0.15, 0.2) is 0 Å². The Labute approximate surface area is 196 Å². The Morgan fingerprint density at radius 2 is 1.91 bits per heavy atom. The maximum absolute atomic E-state index is 13.1. The second-order valence-electron chi connectivity index (χ2n) is 8.38. The molecule has 1 atom stereocenters. The van der Waals surface area contributed by atoms with E-state index >= 15 is 0 Å². The zero-order valence-electron chi connectivity index (χ0n) is 18.8. The number of methoxy groups -OCH3 is 1. The number of aromatic nitrogens is 1. The second kappa shape index (κ2) is 9.28. The van der Waals surface area contributed by atoms with Gasteiger partial charge in [-0.1, -0.05) is 11.3 Å². The number of rotatable bonds is 6. The molecular weight excluding hydrogens is 462 g/mol. The van der Waals surface area contributed by atoms with E-state index in [0.717, 1.165) is 21.6 Å². The summed E-state index contributed by atoms with van der Waals surface area (Å²) >= 11 is 1.15. The van der Waals surface area contributed by atoms with E-state index < -0.39 is 15.9 Å². The molecule has 4 rings (SSSR count). The zero-order chi connectivity index (χ0) is 23.8. The first-order valence-electron chi connectivity index (χ1n) is 10.8. The van der Waals surface area contributed by atoms with Gasteiger partial charge in [-0.3, -0.25) is 14.2 Å². The van der Waals surface area contributed by atoms with Crippen LogP contribution >= 0.6 is 11.3 Å². The normalized spacial score (nSPS) is 17.4. The average molecular weight is 490 g/mol. The smallest absolute Gasteiger partial charge is 0.308 e. The Morgan fingerprint density at radius 3 is 2.58 bits per heavy atom. The molecule has 33 heavy (non-hydrogen) atoms. The average Bonchev–Trinajstić information content (AvgIpc) is 3.14. The standard InChI is InChI=1S/C23H27N3O5S2/c1-15(2)26-20-11-6-17(13-21(20)32-23(26)28)24-22(27)16-5-4-12-25(14-16)33(29,30)19-9-7-18(31-3)8-10-19/h6-11,13,15-16H,4-5,12,14H2,1-3H3,(H,24,27). The summed E-state index contributed by atoms with van der Waals surface area (Å²) in [5.41, 5.74) is 1.44. The van der Waals surface area contributed by atoms with Crippen LogP contribution in [0.1, 0.15) is 32.7 Å². The molecule has 3 aromatic rings. The molecule has 0 spiro atoms. The fourth-order valence-corrected chi connectivity index (χ4v) is 6.70. The van der Waals surface area contributed by atoms with Gasteiger partial charge in [-0.25, -0.2) is 8.42 Å². The van der Waals surface area contributed by atoms with Crippen LogP contribution in [0.25, 0.3) is 10.2 Å². The largest absolute Gasteiger partial charge is 0.497 e. The van der Waals surface area contributed by atoms with Crippen molar-refractivity contribution in [2.45, 2.75) is 37.6 Å². The van der Waals surface area contributed by atoms with Crippen molar-refractivity contribution in [3.63, 3.8) is 0 Å². The lowest BCUT2D eigenvalue weighted by Crippen LogP contribution is -2.43. The van der Waals surface area contributed by atoms with Crippen molar-refractivity contribution in [2.24, 2.45) is 5.92 Å². The van der Waals surface area contributed by atoms with Crippen molar-refractivity contribution in [2.75, 3.05) is 25.5 Å². The minimum absolute atomic E-state index is 0.0323.